The van der Waals surface area contributed by atoms with Gasteiger partial charge in [0.2, 0.25) is 0 Å². The summed E-state index contributed by atoms with van der Waals surface area (Å²) in [5, 5.41) is 0. The van der Waals surface area contributed by atoms with Gasteiger partial charge in [0.15, 0.2) is 5.78 Å². The van der Waals surface area contributed by atoms with Gasteiger partial charge in [-0.1, -0.05) is 6.07 Å². The van der Waals surface area contributed by atoms with E-state index in [4.69, 9.17) is 9.15 Å². The van der Waals surface area contributed by atoms with E-state index in [0.29, 0.717) is 12.4 Å². The lowest BCUT2D eigenvalue weighted by molar-refractivity contribution is -0.115. The van der Waals surface area contributed by atoms with Gasteiger partial charge in [0.1, 0.15) is 23.9 Å². The van der Waals surface area contributed by atoms with Crippen LogP contribution in [0.2, 0.25) is 0 Å². The summed E-state index contributed by atoms with van der Waals surface area (Å²) in [4.78, 5) is 11.6. The number of ketones is 1. The van der Waals surface area contributed by atoms with Crippen molar-refractivity contribution >= 4 is 11.9 Å². The second kappa shape index (κ2) is 6.22. The minimum Gasteiger partial charge on any atom is -0.486 e. The summed E-state index contributed by atoms with van der Waals surface area (Å²) in [6.07, 6.45) is 5.40. The molecule has 0 amide bonds. The standard InChI is InChI=1S/C19H20O3/c1-13-9-14(2)11-18(10-13)21-12-17-6-5-16(22-17)7-8-19(20)15-3-4-15/h5-11,15H,3-4,12H2,1-2H3/b8-7-. The van der Waals surface area contributed by atoms with Gasteiger partial charge in [-0.05, 0) is 74.2 Å². The summed E-state index contributed by atoms with van der Waals surface area (Å²) in [6.45, 7) is 4.48. The van der Waals surface area contributed by atoms with Crippen molar-refractivity contribution in [3.63, 3.8) is 0 Å². The molecule has 0 saturated heterocycles. The van der Waals surface area contributed by atoms with Crippen LogP contribution in [-0.4, -0.2) is 5.78 Å². The Labute approximate surface area is 130 Å². The smallest absolute Gasteiger partial charge is 0.158 e. The Morgan fingerprint density at radius 1 is 1.23 bits per heavy atom. The van der Waals surface area contributed by atoms with Crippen LogP contribution in [0.1, 0.15) is 35.5 Å². The van der Waals surface area contributed by atoms with Gasteiger partial charge < -0.3 is 9.15 Å². The van der Waals surface area contributed by atoms with E-state index in [1.54, 1.807) is 12.2 Å². The van der Waals surface area contributed by atoms with Crippen LogP contribution in [0.3, 0.4) is 0 Å². The maximum atomic E-state index is 11.6. The van der Waals surface area contributed by atoms with E-state index in [1.165, 1.54) is 11.1 Å². The summed E-state index contributed by atoms with van der Waals surface area (Å²) in [6, 6.07) is 9.86. The molecule has 0 aliphatic heterocycles. The highest BCUT2D eigenvalue weighted by Crippen LogP contribution is 2.30. The van der Waals surface area contributed by atoms with Crippen molar-refractivity contribution in [2.24, 2.45) is 5.92 Å². The second-order valence-corrected chi connectivity index (χ2v) is 5.93. The molecule has 0 bridgehead atoms. The molecule has 1 saturated carbocycles. The maximum Gasteiger partial charge on any atom is 0.158 e. The number of aryl methyl sites for hydroxylation is 2. The number of hydrogen-bond acceptors (Lipinski definition) is 3. The number of carbonyl (C=O) groups is 1. The van der Waals surface area contributed by atoms with Crippen molar-refractivity contribution in [1.29, 1.82) is 0 Å². The van der Waals surface area contributed by atoms with Crippen LogP contribution in [-0.2, 0) is 11.4 Å². The number of carbonyl (C=O) groups excluding carboxylic acids is 1. The van der Waals surface area contributed by atoms with Gasteiger partial charge in [-0.2, -0.15) is 0 Å². The molecule has 114 valence electrons. The number of hydrogen-bond donors (Lipinski definition) is 0. The molecule has 1 fully saturated rings. The number of furan rings is 1. The van der Waals surface area contributed by atoms with Gasteiger partial charge in [-0.3, -0.25) is 4.79 Å². The fraction of sp³-hybridized carbons (Fsp3) is 0.316. The zero-order chi connectivity index (χ0) is 15.5. The summed E-state index contributed by atoms with van der Waals surface area (Å²) in [5.74, 6) is 2.73. The molecular formula is C19H20O3. The maximum absolute atomic E-state index is 11.6. The SMILES string of the molecule is Cc1cc(C)cc(OCc2ccc(/C=C\C(=O)C3CC3)o2)c1. The Kier molecular flexibility index (Phi) is 4.14. The molecule has 22 heavy (non-hydrogen) atoms. The molecule has 1 heterocycles. The number of benzene rings is 1. The van der Waals surface area contributed by atoms with Crippen LogP contribution >= 0.6 is 0 Å². The fourth-order valence-electron chi connectivity index (χ4n) is 2.40. The summed E-state index contributed by atoms with van der Waals surface area (Å²) in [5.41, 5.74) is 2.35. The molecule has 3 nitrogen and oxygen atoms in total. The number of rotatable bonds is 6. The molecule has 1 aromatic heterocycles. The Morgan fingerprint density at radius 2 is 1.95 bits per heavy atom. The fourth-order valence-corrected chi connectivity index (χ4v) is 2.40. The summed E-state index contributed by atoms with van der Waals surface area (Å²) in [7, 11) is 0. The molecule has 0 atom stereocenters. The Hall–Kier alpha value is -2.29. The van der Waals surface area contributed by atoms with E-state index in [9.17, 15) is 4.79 Å². The van der Waals surface area contributed by atoms with Crippen LogP contribution in [0.25, 0.3) is 6.08 Å². The Morgan fingerprint density at radius 3 is 2.64 bits per heavy atom. The summed E-state index contributed by atoms with van der Waals surface area (Å²) < 4.78 is 11.4. The minimum absolute atomic E-state index is 0.199. The van der Waals surface area contributed by atoms with E-state index >= 15 is 0 Å². The molecule has 2 aromatic rings. The molecule has 3 rings (SSSR count). The first-order valence-electron chi connectivity index (χ1n) is 7.62. The highest BCUT2D eigenvalue weighted by Gasteiger charge is 2.27. The van der Waals surface area contributed by atoms with E-state index in [0.717, 1.165) is 24.4 Å². The average Bonchev–Trinajstić information content (AvgIpc) is 3.22. The third-order valence-electron chi connectivity index (χ3n) is 3.65. The van der Waals surface area contributed by atoms with Crippen molar-refractivity contribution < 1.29 is 13.9 Å². The lowest BCUT2D eigenvalue weighted by Gasteiger charge is -2.06. The molecule has 0 N–H and O–H groups in total. The van der Waals surface area contributed by atoms with Crippen molar-refractivity contribution in [1.82, 2.24) is 0 Å². The van der Waals surface area contributed by atoms with E-state index in [2.05, 4.69) is 6.07 Å². The zero-order valence-corrected chi connectivity index (χ0v) is 13.0. The van der Waals surface area contributed by atoms with Crippen LogP contribution < -0.4 is 4.74 Å². The molecule has 1 aliphatic carbocycles. The minimum atomic E-state index is 0.199. The third kappa shape index (κ3) is 3.88. The molecule has 0 radical (unpaired) electrons. The van der Waals surface area contributed by atoms with Gasteiger partial charge in [0.05, 0.1) is 0 Å². The van der Waals surface area contributed by atoms with E-state index in [1.807, 2.05) is 38.1 Å². The van der Waals surface area contributed by atoms with Crippen molar-refractivity contribution in [2.75, 3.05) is 0 Å². The molecule has 1 aliphatic rings. The Balaban J connectivity index is 1.58. The number of allylic oxidation sites excluding steroid dienone is 1. The Bertz CT molecular complexity index is 685. The first kappa shape index (κ1) is 14.6. The van der Waals surface area contributed by atoms with Gasteiger partial charge in [-0.25, -0.2) is 0 Å². The highest BCUT2D eigenvalue weighted by atomic mass is 16.5. The van der Waals surface area contributed by atoms with Crippen LogP contribution in [0.5, 0.6) is 5.75 Å². The van der Waals surface area contributed by atoms with Crippen molar-refractivity contribution in [3.05, 3.63) is 59.1 Å². The normalized spacial score (nSPS) is 14.5. The van der Waals surface area contributed by atoms with Gasteiger partial charge in [0.25, 0.3) is 0 Å². The van der Waals surface area contributed by atoms with Crippen molar-refractivity contribution in [2.45, 2.75) is 33.3 Å². The van der Waals surface area contributed by atoms with Gasteiger partial charge in [0, 0.05) is 5.92 Å². The number of ether oxygens (including phenoxy) is 1. The first-order valence-corrected chi connectivity index (χ1v) is 7.62. The van der Waals surface area contributed by atoms with Gasteiger partial charge in [-0.15, -0.1) is 0 Å². The van der Waals surface area contributed by atoms with Crippen LogP contribution in [0.15, 0.2) is 40.8 Å². The lowest BCUT2D eigenvalue weighted by atomic mass is 10.1. The quantitative estimate of drug-likeness (QED) is 0.738. The molecule has 0 unspecified atom stereocenters. The summed E-state index contributed by atoms with van der Waals surface area (Å²) >= 11 is 0. The first-order chi connectivity index (χ1) is 10.6. The largest absolute Gasteiger partial charge is 0.486 e. The molecule has 1 aromatic carbocycles. The average molecular weight is 296 g/mol. The molecular weight excluding hydrogens is 276 g/mol. The molecule has 3 heteroatoms. The van der Waals surface area contributed by atoms with E-state index < -0.39 is 0 Å². The molecule has 0 spiro atoms. The topological polar surface area (TPSA) is 39.4 Å². The van der Waals surface area contributed by atoms with Crippen LogP contribution in [0.4, 0.5) is 0 Å². The highest BCUT2D eigenvalue weighted by molar-refractivity contribution is 5.96. The lowest BCUT2D eigenvalue weighted by Crippen LogP contribution is -1.94. The van der Waals surface area contributed by atoms with E-state index in [-0.39, 0.29) is 11.7 Å². The predicted octanol–water partition coefficient (Wildman–Crippen LogP) is 4.47. The third-order valence-corrected chi connectivity index (χ3v) is 3.65. The van der Waals surface area contributed by atoms with Crippen molar-refractivity contribution in [3.8, 4) is 5.75 Å². The van der Waals surface area contributed by atoms with Crippen LogP contribution in [0, 0.1) is 19.8 Å². The second-order valence-electron chi connectivity index (χ2n) is 5.93. The predicted molar refractivity (Wildman–Crippen MR) is 85.7 cm³/mol. The van der Waals surface area contributed by atoms with Gasteiger partial charge >= 0.3 is 0 Å². The monoisotopic (exact) mass is 296 g/mol. The zero-order valence-electron chi connectivity index (χ0n) is 13.0.